The van der Waals surface area contributed by atoms with E-state index in [1.807, 2.05) is 12.1 Å². The van der Waals surface area contributed by atoms with Gasteiger partial charge in [-0.3, -0.25) is 9.78 Å². The summed E-state index contributed by atoms with van der Waals surface area (Å²) in [5.41, 5.74) is 0.727. The number of hydrogen-bond acceptors (Lipinski definition) is 6. The number of carbonyl (C=O) groups excluding carboxylic acids is 1. The first-order valence-electron chi connectivity index (χ1n) is 9.64. The second-order valence-electron chi connectivity index (χ2n) is 6.42. The fraction of sp³-hybridized carbons (Fsp3) is 0.167. The third kappa shape index (κ3) is 7.57. The van der Waals surface area contributed by atoms with Crippen LogP contribution in [0.1, 0.15) is 18.2 Å². The number of methoxy groups -OCH3 is 1. The van der Waals surface area contributed by atoms with Crippen LogP contribution in [0, 0.1) is 0 Å². The van der Waals surface area contributed by atoms with Gasteiger partial charge in [-0.15, -0.1) is 0 Å². The minimum absolute atomic E-state index is 0.303. The maximum atomic E-state index is 12.4. The minimum atomic E-state index is -4.33. The second kappa shape index (κ2) is 11.6. The summed E-state index contributed by atoms with van der Waals surface area (Å²) in [7, 11) is 3.29. The molecule has 0 aliphatic rings. The lowest BCUT2D eigenvalue weighted by Gasteiger charge is -2.09. The molecule has 0 amide bonds. The lowest BCUT2D eigenvalue weighted by atomic mass is 10.2. The van der Waals surface area contributed by atoms with Crippen LogP contribution >= 0.6 is 0 Å². The standard InChI is InChI=1S/C14H12F3NO.C10H11NO3/c1-18-11-4-8-13(9-5-11)19-12-6-2-10(3-7-12)14(15,16)17;1-4-8-10(14-7(2)12)9(13-3)5-6-11-8/h2-9,18H,1H3;4-6H,1H2,2-3H3. The predicted molar refractivity (Wildman–Crippen MR) is 120 cm³/mol. The molecule has 1 N–H and O–H groups in total. The molecule has 1 heterocycles. The van der Waals surface area contributed by atoms with Crippen LogP contribution in [0.5, 0.6) is 23.0 Å². The number of nitrogens with zero attached hydrogens (tertiary/aromatic N) is 1. The van der Waals surface area contributed by atoms with Crippen LogP contribution in [0.25, 0.3) is 6.08 Å². The van der Waals surface area contributed by atoms with Crippen LogP contribution < -0.4 is 19.5 Å². The summed E-state index contributed by atoms with van der Waals surface area (Å²) in [5.74, 6) is 1.28. The molecule has 3 aromatic rings. The number of carbonyl (C=O) groups is 1. The highest BCUT2D eigenvalue weighted by molar-refractivity contribution is 5.72. The van der Waals surface area contributed by atoms with Crippen molar-refractivity contribution in [2.45, 2.75) is 13.1 Å². The molecule has 33 heavy (non-hydrogen) atoms. The van der Waals surface area contributed by atoms with Gasteiger partial charge in [-0.25, -0.2) is 0 Å². The highest BCUT2D eigenvalue weighted by Crippen LogP contribution is 2.32. The lowest BCUT2D eigenvalue weighted by molar-refractivity contribution is -0.137. The van der Waals surface area contributed by atoms with Crippen molar-refractivity contribution in [1.29, 1.82) is 0 Å². The number of halogens is 3. The first-order valence-corrected chi connectivity index (χ1v) is 9.64. The average molecular weight is 460 g/mol. The molecule has 1 aromatic heterocycles. The number of aromatic nitrogens is 1. The summed E-state index contributed by atoms with van der Waals surface area (Å²) in [6.45, 7) is 4.88. The molecule has 3 rings (SSSR count). The van der Waals surface area contributed by atoms with Gasteiger partial charge >= 0.3 is 12.1 Å². The summed E-state index contributed by atoms with van der Waals surface area (Å²) in [5, 5.41) is 2.96. The Kier molecular flexibility index (Phi) is 8.85. The highest BCUT2D eigenvalue weighted by Gasteiger charge is 2.30. The fourth-order valence-corrected chi connectivity index (χ4v) is 2.54. The molecule has 0 aliphatic heterocycles. The molecule has 0 bridgehead atoms. The monoisotopic (exact) mass is 460 g/mol. The van der Waals surface area contributed by atoms with Crippen molar-refractivity contribution in [2.24, 2.45) is 0 Å². The largest absolute Gasteiger partial charge is 0.493 e. The fourth-order valence-electron chi connectivity index (χ4n) is 2.54. The highest BCUT2D eigenvalue weighted by atomic mass is 19.4. The van der Waals surface area contributed by atoms with Crippen molar-refractivity contribution in [3.8, 4) is 23.0 Å². The second-order valence-corrected chi connectivity index (χ2v) is 6.42. The molecule has 0 radical (unpaired) electrons. The van der Waals surface area contributed by atoms with Crippen LogP contribution in [0.2, 0.25) is 0 Å². The van der Waals surface area contributed by atoms with E-state index in [4.69, 9.17) is 14.2 Å². The van der Waals surface area contributed by atoms with Gasteiger partial charge in [0.25, 0.3) is 0 Å². The molecule has 6 nitrogen and oxygen atoms in total. The Morgan fingerprint density at radius 3 is 2.06 bits per heavy atom. The average Bonchev–Trinajstić information content (AvgIpc) is 2.79. The third-order valence-corrected chi connectivity index (χ3v) is 4.12. The predicted octanol–water partition coefficient (Wildman–Crippen LogP) is 6.20. The van der Waals surface area contributed by atoms with Crippen molar-refractivity contribution in [3.63, 3.8) is 0 Å². The zero-order valence-corrected chi connectivity index (χ0v) is 18.3. The molecular weight excluding hydrogens is 437 g/mol. The molecule has 9 heteroatoms. The number of benzene rings is 2. The molecule has 2 aromatic carbocycles. The Bertz CT molecular complexity index is 1070. The van der Waals surface area contributed by atoms with Crippen molar-refractivity contribution in [3.05, 3.63) is 78.6 Å². The van der Waals surface area contributed by atoms with E-state index >= 15 is 0 Å². The van der Waals surface area contributed by atoms with E-state index in [9.17, 15) is 18.0 Å². The van der Waals surface area contributed by atoms with E-state index in [2.05, 4.69) is 16.9 Å². The molecule has 0 atom stereocenters. The van der Waals surface area contributed by atoms with Gasteiger partial charge in [0.15, 0.2) is 11.5 Å². The Labute approximate surface area is 189 Å². The summed E-state index contributed by atoms with van der Waals surface area (Å²) in [4.78, 5) is 14.8. The van der Waals surface area contributed by atoms with Crippen LogP contribution in [0.4, 0.5) is 18.9 Å². The van der Waals surface area contributed by atoms with Gasteiger partial charge in [0.2, 0.25) is 0 Å². The quantitative estimate of drug-likeness (QED) is 0.442. The Hall–Kier alpha value is -4.01. The van der Waals surface area contributed by atoms with Crippen LogP contribution in [0.3, 0.4) is 0 Å². The van der Waals surface area contributed by atoms with E-state index in [0.29, 0.717) is 28.7 Å². The van der Waals surface area contributed by atoms with E-state index < -0.39 is 17.7 Å². The van der Waals surface area contributed by atoms with Crippen LogP contribution in [-0.4, -0.2) is 25.1 Å². The Balaban J connectivity index is 0.000000245. The van der Waals surface area contributed by atoms with Crippen LogP contribution in [0.15, 0.2) is 67.4 Å². The van der Waals surface area contributed by atoms with E-state index in [1.165, 1.54) is 32.2 Å². The number of esters is 1. The normalized spacial score (nSPS) is 10.4. The molecule has 0 saturated carbocycles. The third-order valence-electron chi connectivity index (χ3n) is 4.12. The molecular formula is C24H23F3N2O4. The number of ether oxygens (including phenoxy) is 3. The van der Waals surface area contributed by atoms with Crippen molar-refractivity contribution in [2.75, 3.05) is 19.5 Å². The minimum Gasteiger partial charge on any atom is -0.493 e. The van der Waals surface area contributed by atoms with E-state index in [1.54, 1.807) is 31.4 Å². The summed E-state index contributed by atoms with van der Waals surface area (Å²) in [6.07, 6.45) is -1.27. The zero-order valence-electron chi connectivity index (χ0n) is 18.3. The van der Waals surface area contributed by atoms with Gasteiger partial charge in [-0.1, -0.05) is 6.58 Å². The molecule has 0 saturated heterocycles. The van der Waals surface area contributed by atoms with E-state index in [0.717, 1.165) is 17.8 Å². The number of alkyl halides is 3. The van der Waals surface area contributed by atoms with Crippen molar-refractivity contribution >= 4 is 17.7 Å². The molecule has 0 fully saturated rings. The van der Waals surface area contributed by atoms with Crippen molar-refractivity contribution < 1.29 is 32.2 Å². The number of anilines is 1. The maximum absolute atomic E-state index is 12.4. The lowest BCUT2D eigenvalue weighted by Crippen LogP contribution is -2.05. The number of hydrogen-bond donors (Lipinski definition) is 1. The molecule has 0 aliphatic carbocycles. The molecule has 0 unspecified atom stereocenters. The van der Waals surface area contributed by atoms with Crippen LogP contribution in [-0.2, 0) is 11.0 Å². The summed E-state index contributed by atoms with van der Waals surface area (Å²) < 4.78 is 52.6. The van der Waals surface area contributed by atoms with Gasteiger partial charge in [0, 0.05) is 31.9 Å². The Morgan fingerprint density at radius 1 is 1.03 bits per heavy atom. The van der Waals surface area contributed by atoms with Gasteiger partial charge in [-0.05, 0) is 54.6 Å². The summed E-state index contributed by atoms with van der Waals surface area (Å²) >= 11 is 0. The van der Waals surface area contributed by atoms with Gasteiger partial charge < -0.3 is 19.5 Å². The number of nitrogens with one attached hydrogen (secondary N) is 1. The smallest absolute Gasteiger partial charge is 0.416 e. The number of pyridine rings is 1. The van der Waals surface area contributed by atoms with Crippen molar-refractivity contribution in [1.82, 2.24) is 4.98 Å². The first-order chi connectivity index (χ1) is 15.7. The van der Waals surface area contributed by atoms with Gasteiger partial charge in [0.05, 0.1) is 12.7 Å². The zero-order chi connectivity index (χ0) is 24.4. The van der Waals surface area contributed by atoms with Gasteiger partial charge in [0.1, 0.15) is 17.2 Å². The first kappa shape index (κ1) is 25.3. The topological polar surface area (TPSA) is 69.7 Å². The van der Waals surface area contributed by atoms with Gasteiger partial charge in [-0.2, -0.15) is 13.2 Å². The summed E-state index contributed by atoms with van der Waals surface area (Å²) in [6, 6.07) is 13.3. The SMILES string of the molecule is C=Cc1nccc(OC)c1OC(C)=O.CNc1ccc(Oc2ccc(C(F)(F)F)cc2)cc1. The number of rotatable bonds is 6. The van der Waals surface area contributed by atoms with E-state index in [-0.39, 0.29) is 0 Å². The Morgan fingerprint density at radius 2 is 1.61 bits per heavy atom. The molecule has 174 valence electrons. The maximum Gasteiger partial charge on any atom is 0.416 e. The molecule has 0 spiro atoms.